The molecule has 0 atom stereocenters. The molecule has 1 aliphatic heterocycles. The first-order valence-corrected chi connectivity index (χ1v) is 5.29. The third-order valence-corrected chi connectivity index (χ3v) is 2.58. The fourth-order valence-corrected chi connectivity index (χ4v) is 2.00. The molecule has 0 aliphatic carbocycles. The van der Waals surface area contributed by atoms with Gasteiger partial charge >= 0.3 is 0 Å². The number of hydrogen-bond acceptors (Lipinski definition) is 3. The molecule has 1 heterocycles. The van der Waals surface area contributed by atoms with E-state index in [1.54, 1.807) is 0 Å². The SMILES string of the molecule is CCCC1(N)CN(CCOCC)C1. The van der Waals surface area contributed by atoms with Gasteiger partial charge in [0.25, 0.3) is 0 Å². The van der Waals surface area contributed by atoms with Gasteiger partial charge in [0.15, 0.2) is 0 Å². The highest BCUT2D eigenvalue weighted by atomic mass is 16.5. The molecule has 0 spiro atoms. The van der Waals surface area contributed by atoms with Crippen LogP contribution in [0.1, 0.15) is 26.7 Å². The Kier molecular flexibility index (Phi) is 4.16. The molecule has 3 heteroatoms. The summed E-state index contributed by atoms with van der Waals surface area (Å²) in [5.74, 6) is 0. The zero-order chi connectivity index (χ0) is 9.73. The minimum Gasteiger partial charge on any atom is -0.380 e. The minimum absolute atomic E-state index is 0.112. The standard InChI is InChI=1S/C10H22N2O/c1-3-5-10(11)8-12(9-10)6-7-13-4-2/h3-9,11H2,1-2H3. The normalized spacial score (nSPS) is 21.5. The lowest BCUT2D eigenvalue weighted by atomic mass is 9.86. The first kappa shape index (κ1) is 11.0. The van der Waals surface area contributed by atoms with E-state index in [1.165, 1.54) is 6.42 Å². The molecular weight excluding hydrogens is 164 g/mol. The predicted octanol–water partition coefficient (Wildman–Crippen LogP) is 0.836. The second-order valence-corrected chi connectivity index (χ2v) is 4.02. The number of ether oxygens (including phenoxy) is 1. The van der Waals surface area contributed by atoms with E-state index < -0.39 is 0 Å². The van der Waals surface area contributed by atoms with Crippen LogP contribution in [-0.2, 0) is 4.74 Å². The summed E-state index contributed by atoms with van der Waals surface area (Å²) < 4.78 is 5.29. The van der Waals surface area contributed by atoms with Gasteiger partial charge in [0, 0.05) is 31.8 Å². The van der Waals surface area contributed by atoms with Crippen molar-refractivity contribution in [1.82, 2.24) is 4.90 Å². The molecule has 1 fully saturated rings. The van der Waals surface area contributed by atoms with Crippen LogP contribution in [0.4, 0.5) is 0 Å². The van der Waals surface area contributed by atoms with E-state index in [0.29, 0.717) is 0 Å². The van der Waals surface area contributed by atoms with E-state index in [2.05, 4.69) is 11.8 Å². The summed E-state index contributed by atoms with van der Waals surface area (Å²) in [6.07, 6.45) is 2.34. The van der Waals surface area contributed by atoms with Crippen molar-refractivity contribution < 1.29 is 4.74 Å². The van der Waals surface area contributed by atoms with Crippen molar-refractivity contribution in [3.63, 3.8) is 0 Å². The molecule has 0 amide bonds. The molecule has 0 radical (unpaired) electrons. The van der Waals surface area contributed by atoms with E-state index in [0.717, 1.165) is 39.3 Å². The van der Waals surface area contributed by atoms with Gasteiger partial charge in [0.05, 0.1) is 6.61 Å². The Balaban J connectivity index is 2.03. The van der Waals surface area contributed by atoms with Gasteiger partial charge in [-0.05, 0) is 13.3 Å². The quantitative estimate of drug-likeness (QED) is 0.625. The second-order valence-electron chi connectivity index (χ2n) is 4.02. The monoisotopic (exact) mass is 186 g/mol. The molecule has 1 saturated heterocycles. The van der Waals surface area contributed by atoms with Crippen LogP contribution >= 0.6 is 0 Å². The van der Waals surface area contributed by atoms with Gasteiger partial charge in [-0.25, -0.2) is 0 Å². The Morgan fingerprint density at radius 3 is 2.62 bits per heavy atom. The summed E-state index contributed by atoms with van der Waals surface area (Å²) in [4.78, 5) is 2.37. The summed E-state index contributed by atoms with van der Waals surface area (Å²) in [5, 5.41) is 0. The van der Waals surface area contributed by atoms with Crippen molar-refractivity contribution in [3.8, 4) is 0 Å². The molecular formula is C10H22N2O. The first-order chi connectivity index (χ1) is 6.20. The topological polar surface area (TPSA) is 38.5 Å². The van der Waals surface area contributed by atoms with Crippen LogP contribution in [0.3, 0.4) is 0 Å². The largest absolute Gasteiger partial charge is 0.380 e. The minimum atomic E-state index is 0.112. The first-order valence-electron chi connectivity index (χ1n) is 5.29. The molecule has 2 N–H and O–H groups in total. The smallest absolute Gasteiger partial charge is 0.0593 e. The molecule has 78 valence electrons. The highest BCUT2D eigenvalue weighted by molar-refractivity contribution is 4.99. The van der Waals surface area contributed by atoms with Crippen LogP contribution in [0, 0.1) is 0 Å². The highest BCUT2D eigenvalue weighted by Crippen LogP contribution is 2.22. The van der Waals surface area contributed by atoms with Crippen LogP contribution in [0.25, 0.3) is 0 Å². The fourth-order valence-electron chi connectivity index (χ4n) is 2.00. The van der Waals surface area contributed by atoms with Crippen molar-refractivity contribution in [3.05, 3.63) is 0 Å². The van der Waals surface area contributed by atoms with E-state index in [1.807, 2.05) is 6.92 Å². The molecule has 0 aromatic rings. The maximum atomic E-state index is 6.13. The summed E-state index contributed by atoms with van der Waals surface area (Å²) >= 11 is 0. The lowest BCUT2D eigenvalue weighted by Gasteiger charge is -2.48. The van der Waals surface area contributed by atoms with E-state index >= 15 is 0 Å². The van der Waals surface area contributed by atoms with Crippen molar-refractivity contribution >= 4 is 0 Å². The Hall–Kier alpha value is -0.120. The van der Waals surface area contributed by atoms with Gasteiger partial charge in [-0.3, -0.25) is 4.90 Å². The molecule has 1 aliphatic rings. The Morgan fingerprint density at radius 2 is 2.08 bits per heavy atom. The third-order valence-electron chi connectivity index (χ3n) is 2.58. The molecule has 1 rings (SSSR count). The molecule has 0 saturated carbocycles. The van der Waals surface area contributed by atoms with Crippen LogP contribution < -0.4 is 5.73 Å². The predicted molar refractivity (Wildman–Crippen MR) is 54.8 cm³/mol. The third kappa shape index (κ3) is 3.25. The van der Waals surface area contributed by atoms with E-state index in [4.69, 9.17) is 10.5 Å². The number of likely N-dealkylation sites (tertiary alicyclic amines) is 1. The van der Waals surface area contributed by atoms with Crippen molar-refractivity contribution in [1.29, 1.82) is 0 Å². The molecule has 0 aromatic carbocycles. The zero-order valence-corrected chi connectivity index (χ0v) is 8.88. The maximum absolute atomic E-state index is 6.13. The van der Waals surface area contributed by atoms with E-state index in [-0.39, 0.29) is 5.54 Å². The van der Waals surface area contributed by atoms with Gasteiger partial charge in [-0.15, -0.1) is 0 Å². The summed E-state index contributed by atoms with van der Waals surface area (Å²) in [7, 11) is 0. The zero-order valence-electron chi connectivity index (χ0n) is 8.88. The van der Waals surface area contributed by atoms with Crippen molar-refractivity contribution in [2.45, 2.75) is 32.2 Å². The number of nitrogens with two attached hydrogens (primary N) is 1. The van der Waals surface area contributed by atoms with Gasteiger partial charge in [0.1, 0.15) is 0 Å². The van der Waals surface area contributed by atoms with Crippen LogP contribution in [0.2, 0.25) is 0 Å². The van der Waals surface area contributed by atoms with Gasteiger partial charge in [-0.1, -0.05) is 13.3 Å². The summed E-state index contributed by atoms with van der Waals surface area (Å²) in [6.45, 7) is 9.02. The molecule has 0 unspecified atom stereocenters. The number of nitrogens with zero attached hydrogens (tertiary/aromatic N) is 1. The fraction of sp³-hybridized carbons (Fsp3) is 1.00. The average Bonchev–Trinajstić information content (AvgIpc) is 2.02. The van der Waals surface area contributed by atoms with Crippen LogP contribution in [0.15, 0.2) is 0 Å². The molecule has 0 aromatic heterocycles. The van der Waals surface area contributed by atoms with Gasteiger partial charge < -0.3 is 10.5 Å². The lowest BCUT2D eigenvalue weighted by Crippen LogP contribution is -2.67. The van der Waals surface area contributed by atoms with E-state index in [9.17, 15) is 0 Å². The van der Waals surface area contributed by atoms with Gasteiger partial charge in [-0.2, -0.15) is 0 Å². The van der Waals surface area contributed by atoms with Crippen molar-refractivity contribution in [2.24, 2.45) is 5.73 Å². The van der Waals surface area contributed by atoms with Crippen molar-refractivity contribution in [2.75, 3.05) is 32.8 Å². The Bertz CT molecular complexity index is 144. The maximum Gasteiger partial charge on any atom is 0.0593 e. The Morgan fingerprint density at radius 1 is 1.38 bits per heavy atom. The second kappa shape index (κ2) is 4.94. The van der Waals surface area contributed by atoms with Crippen LogP contribution in [-0.4, -0.2) is 43.3 Å². The van der Waals surface area contributed by atoms with Crippen LogP contribution in [0.5, 0.6) is 0 Å². The average molecular weight is 186 g/mol. The Labute approximate surface area is 81.2 Å². The number of hydrogen-bond donors (Lipinski definition) is 1. The summed E-state index contributed by atoms with van der Waals surface area (Å²) in [5.41, 5.74) is 6.24. The highest BCUT2D eigenvalue weighted by Gasteiger charge is 2.37. The number of rotatable bonds is 6. The summed E-state index contributed by atoms with van der Waals surface area (Å²) in [6, 6.07) is 0. The molecule has 3 nitrogen and oxygen atoms in total. The van der Waals surface area contributed by atoms with Gasteiger partial charge in [0.2, 0.25) is 0 Å². The lowest BCUT2D eigenvalue weighted by molar-refractivity contribution is 0.0306. The molecule has 13 heavy (non-hydrogen) atoms. The molecule has 0 bridgehead atoms.